The quantitative estimate of drug-likeness (QED) is 0.645. The van der Waals surface area contributed by atoms with Gasteiger partial charge in [0.2, 0.25) is 10.0 Å². The van der Waals surface area contributed by atoms with Crippen LogP contribution in [-0.2, 0) is 21.3 Å². The number of rotatable bonds is 6. The van der Waals surface area contributed by atoms with Crippen molar-refractivity contribution < 1.29 is 13.2 Å². The lowest BCUT2D eigenvalue weighted by Gasteiger charge is -2.24. The number of hydrogen-bond acceptors (Lipinski definition) is 5. The second-order valence-corrected chi connectivity index (χ2v) is 9.29. The van der Waals surface area contributed by atoms with E-state index in [0.717, 1.165) is 12.8 Å². The predicted molar refractivity (Wildman–Crippen MR) is 110 cm³/mol. The van der Waals surface area contributed by atoms with Crippen LogP contribution >= 0.6 is 11.6 Å². The topological polar surface area (TPSA) is 92.4 Å². The average molecular weight is 434 g/mol. The predicted octanol–water partition coefficient (Wildman–Crippen LogP) is 2.95. The van der Waals surface area contributed by atoms with Crippen molar-refractivity contribution in [2.45, 2.75) is 30.4 Å². The summed E-state index contributed by atoms with van der Waals surface area (Å²) in [6, 6.07) is 13.1. The lowest BCUT2D eigenvalue weighted by molar-refractivity contribution is 0.0921. The molecule has 1 aromatic heterocycles. The highest BCUT2D eigenvalue weighted by atomic mass is 35.5. The summed E-state index contributed by atoms with van der Waals surface area (Å²) < 4.78 is 33.6. The van der Waals surface area contributed by atoms with E-state index in [-0.39, 0.29) is 35.5 Å². The van der Waals surface area contributed by atoms with Gasteiger partial charge in [-0.15, -0.1) is 0 Å². The summed E-state index contributed by atoms with van der Waals surface area (Å²) in [5, 5.41) is 0.792. The van der Waals surface area contributed by atoms with Crippen LogP contribution in [0.4, 0.5) is 0 Å². The molecule has 0 amide bonds. The van der Waals surface area contributed by atoms with Gasteiger partial charge < -0.3 is 9.72 Å². The minimum Gasteiger partial charge on any atom is -0.377 e. The summed E-state index contributed by atoms with van der Waals surface area (Å²) in [5.74, 6) is 0.275. The molecule has 2 aromatic carbocycles. The first-order valence-corrected chi connectivity index (χ1v) is 11.1. The number of nitrogens with one attached hydrogen (secondary N) is 1. The van der Waals surface area contributed by atoms with Crippen molar-refractivity contribution in [3.8, 4) is 0 Å². The highest BCUT2D eigenvalue weighted by Gasteiger charge is 2.30. The number of sulfonamides is 1. The minimum absolute atomic E-state index is 0.0746. The van der Waals surface area contributed by atoms with Gasteiger partial charge in [0.25, 0.3) is 5.56 Å². The molecule has 0 spiro atoms. The smallest absolute Gasteiger partial charge is 0.258 e. The van der Waals surface area contributed by atoms with Gasteiger partial charge in [0, 0.05) is 18.2 Å². The normalized spacial score (nSPS) is 17.2. The Balaban J connectivity index is 1.72. The highest BCUT2D eigenvalue weighted by molar-refractivity contribution is 7.89. The van der Waals surface area contributed by atoms with Crippen LogP contribution in [0.1, 0.15) is 18.7 Å². The fourth-order valence-electron chi connectivity index (χ4n) is 3.42. The second kappa shape index (κ2) is 8.23. The molecule has 4 rings (SSSR count). The first-order chi connectivity index (χ1) is 13.9. The molecular weight excluding hydrogens is 414 g/mol. The van der Waals surface area contributed by atoms with Gasteiger partial charge >= 0.3 is 0 Å². The summed E-state index contributed by atoms with van der Waals surface area (Å²) >= 11 is 6.00. The van der Waals surface area contributed by atoms with E-state index in [4.69, 9.17) is 16.3 Å². The number of para-hydroxylation sites is 1. The number of fused-ring (bicyclic) bond motifs is 1. The van der Waals surface area contributed by atoms with E-state index in [1.807, 2.05) is 0 Å². The van der Waals surface area contributed by atoms with E-state index in [9.17, 15) is 13.2 Å². The molecule has 1 aliphatic rings. The first kappa shape index (κ1) is 20.0. The van der Waals surface area contributed by atoms with Crippen molar-refractivity contribution in [1.29, 1.82) is 0 Å². The molecule has 0 saturated carbocycles. The number of hydrogen-bond donors (Lipinski definition) is 1. The van der Waals surface area contributed by atoms with Crippen molar-refractivity contribution in [1.82, 2.24) is 14.3 Å². The van der Waals surface area contributed by atoms with Crippen LogP contribution in [0.2, 0.25) is 5.02 Å². The maximum absolute atomic E-state index is 13.3. The third-order valence-corrected chi connectivity index (χ3v) is 6.90. The number of nitrogens with zero attached hydrogens (tertiary/aromatic N) is 2. The maximum atomic E-state index is 13.3. The number of aromatic amines is 1. The van der Waals surface area contributed by atoms with Gasteiger partial charge in [-0.25, -0.2) is 13.4 Å². The Labute approximate surface area is 173 Å². The van der Waals surface area contributed by atoms with Gasteiger partial charge in [-0.2, -0.15) is 4.31 Å². The molecule has 2 heterocycles. The Kier molecular flexibility index (Phi) is 5.69. The zero-order chi connectivity index (χ0) is 20.4. The number of benzene rings is 2. The molecule has 9 heteroatoms. The molecule has 0 aliphatic carbocycles. The highest BCUT2D eigenvalue weighted by Crippen LogP contribution is 2.23. The molecule has 1 atom stereocenters. The van der Waals surface area contributed by atoms with Gasteiger partial charge in [0.05, 0.1) is 28.4 Å². The molecule has 1 N–H and O–H groups in total. The number of aromatic nitrogens is 2. The van der Waals surface area contributed by atoms with Gasteiger partial charge in [-0.3, -0.25) is 4.79 Å². The van der Waals surface area contributed by atoms with E-state index in [2.05, 4.69) is 9.97 Å². The van der Waals surface area contributed by atoms with Gasteiger partial charge in [-0.1, -0.05) is 29.8 Å². The van der Waals surface area contributed by atoms with E-state index >= 15 is 0 Å². The van der Waals surface area contributed by atoms with E-state index in [0.29, 0.717) is 22.5 Å². The van der Waals surface area contributed by atoms with E-state index in [1.165, 1.54) is 16.4 Å². The van der Waals surface area contributed by atoms with Crippen molar-refractivity contribution >= 4 is 32.5 Å². The van der Waals surface area contributed by atoms with Crippen molar-refractivity contribution in [3.63, 3.8) is 0 Å². The molecule has 152 valence electrons. The van der Waals surface area contributed by atoms with Crippen LogP contribution in [0, 0.1) is 0 Å². The monoisotopic (exact) mass is 433 g/mol. The van der Waals surface area contributed by atoms with Crippen LogP contribution in [-0.4, -0.2) is 41.9 Å². The standard InChI is InChI=1S/C20H20ClN3O4S/c21-14-5-3-7-16(11-14)29(26,27)24(12-15-6-4-10-28-15)13-19-22-18-9-2-1-8-17(18)20(25)23-19/h1-3,5,7-9,11,15H,4,6,10,12-13H2,(H,22,23,25). The van der Waals surface area contributed by atoms with Crippen molar-refractivity contribution in [3.05, 3.63) is 69.7 Å². The van der Waals surface area contributed by atoms with Crippen molar-refractivity contribution in [2.24, 2.45) is 0 Å². The summed E-state index contributed by atoms with van der Waals surface area (Å²) in [5.41, 5.74) is 0.214. The molecule has 1 saturated heterocycles. The van der Waals surface area contributed by atoms with Crippen LogP contribution in [0.3, 0.4) is 0 Å². The molecule has 0 radical (unpaired) electrons. The number of H-pyrrole nitrogens is 1. The summed E-state index contributed by atoms with van der Waals surface area (Å²) in [4.78, 5) is 19.6. The fraction of sp³-hybridized carbons (Fsp3) is 0.300. The second-order valence-electron chi connectivity index (χ2n) is 6.92. The molecule has 3 aromatic rings. The lowest BCUT2D eigenvalue weighted by atomic mass is 10.2. The third-order valence-electron chi connectivity index (χ3n) is 4.85. The molecule has 1 aliphatic heterocycles. The number of halogens is 1. The zero-order valence-electron chi connectivity index (χ0n) is 15.5. The molecule has 1 unspecified atom stereocenters. The summed E-state index contributed by atoms with van der Waals surface area (Å²) in [7, 11) is -3.87. The zero-order valence-corrected chi connectivity index (χ0v) is 17.1. The average Bonchev–Trinajstić information content (AvgIpc) is 3.21. The van der Waals surface area contributed by atoms with Gasteiger partial charge in [0.1, 0.15) is 5.82 Å². The Morgan fingerprint density at radius 2 is 2.03 bits per heavy atom. The molecule has 1 fully saturated rings. The maximum Gasteiger partial charge on any atom is 0.258 e. The Bertz CT molecular complexity index is 1190. The van der Waals surface area contributed by atoms with Crippen molar-refractivity contribution in [2.75, 3.05) is 13.2 Å². The molecule has 0 bridgehead atoms. The molecule has 29 heavy (non-hydrogen) atoms. The Morgan fingerprint density at radius 3 is 2.79 bits per heavy atom. The first-order valence-electron chi connectivity index (χ1n) is 9.29. The van der Waals surface area contributed by atoms with Gasteiger partial charge in [0.15, 0.2) is 0 Å². The van der Waals surface area contributed by atoms with Crippen LogP contribution < -0.4 is 5.56 Å². The van der Waals surface area contributed by atoms with E-state index in [1.54, 1.807) is 36.4 Å². The third kappa shape index (κ3) is 4.35. The number of ether oxygens (including phenoxy) is 1. The largest absolute Gasteiger partial charge is 0.377 e. The molecule has 7 nitrogen and oxygen atoms in total. The van der Waals surface area contributed by atoms with Crippen LogP contribution in [0.15, 0.2) is 58.2 Å². The Morgan fingerprint density at radius 1 is 1.21 bits per heavy atom. The fourth-order valence-corrected chi connectivity index (χ4v) is 5.15. The minimum atomic E-state index is -3.87. The Hall–Kier alpha value is -2.26. The van der Waals surface area contributed by atoms with Crippen LogP contribution in [0.5, 0.6) is 0 Å². The molecular formula is C20H20ClN3O4S. The summed E-state index contributed by atoms with van der Waals surface area (Å²) in [6.07, 6.45) is 1.47. The summed E-state index contributed by atoms with van der Waals surface area (Å²) in [6.45, 7) is 0.709. The van der Waals surface area contributed by atoms with Gasteiger partial charge in [-0.05, 0) is 43.2 Å². The SMILES string of the molecule is O=c1[nH]c(CN(CC2CCCO2)S(=O)(=O)c2cccc(Cl)c2)nc2ccccc12. The van der Waals surface area contributed by atoms with E-state index < -0.39 is 10.0 Å². The van der Waals surface area contributed by atoms with Crippen LogP contribution in [0.25, 0.3) is 10.9 Å². The lowest BCUT2D eigenvalue weighted by Crippen LogP contribution is -2.37.